The Labute approximate surface area is 117 Å². The van der Waals surface area contributed by atoms with Crippen molar-refractivity contribution in [1.29, 1.82) is 0 Å². The van der Waals surface area contributed by atoms with Gasteiger partial charge < -0.3 is 9.05 Å². The van der Waals surface area contributed by atoms with Crippen molar-refractivity contribution in [3.63, 3.8) is 0 Å². The van der Waals surface area contributed by atoms with Gasteiger partial charge in [0, 0.05) is 11.1 Å². The quantitative estimate of drug-likeness (QED) is 0.648. The van der Waals surface area contributed by atoms with E-state index >= 15 is 0 Å². The number of hydrogen-bond donors (Lipinski definition) is 0. The summed E-state index contributed by atoms with van der Waals surface area (Å²) in [7, 11) is -3.16. The highest BCUT2D eigenvalue weighted by atomic mass is 31.2. The van der Waals surface area contributed by atoms with Gasteiger partial charge >= 0.3 is 7.60 Å². The number of rotatable bonds is 7. The second-order valence-electron chi connectivity index (χ2n) is 5.84. The van der Waals surface area contributed by atoms with Gasteiger partial charge in [0.2, 0.25) is 0 Å². The van der Waals surface area contributed by atoms with Gasteiger partial charge in [-0.1, -0.05) is 27.7 Å². The summed E-state index contributed by atoms with van der Waals surface area (Å²) in [5, 5.41) is 0. The lowest BCUT2D eigenvalue weighted by Crippen LogP contribution is -2.26. The van der Waals surface area contributed by atoms with Gasteiger partial charge in [0.1, 0.15) is 0 Å². The van der Waals surface area contributed by atoms with Crippen molar-refractivity contribution in [3.8, 4) is 0 Å². The van der Waals surface area contributed by atoms with E-state index in [-0.39, 0.29) is 11.2 Å². The van der Waals surface area contributed by atoms with Crippen LogP contribution in [0.5, 0.6) is 0 Å². The van der Waals surface area contributed by atoms with E-state index < -0.39 is 7.60 Å². The summed E-state index contributed by atoms with van der Waals surface area (Å²) in [5.74, 6) is 0.0601. The van der Waals surface area contributed by atoms with E-state index in [2.05, 4.69) is 27.7 Å². The molecule has 0 fully saturated rings. The molecule has 2 atom stereocenters. The first-order chi connectivity index (χ1) is 8.80. The molecule has 1 aliphatic heterocycles. The molecule has 0 spiro atoms. The van der Waals surface area contributed by atoms with Crippen LogP contribution in [0.25, 0.3) is 0 Å². The van der Waals surface area contributed by atoms with Crippen LogP contribution in [-0.4, -0.2) is 24.7 Å². The molecule has 1 aliphatic rings. The smallest absolute Gasteiger partial charge is 0.307 e. The fourth-order valence-corrected chi connectivity index (χ4v) is 4.82. The van der Waals surface area contributed by atoms with E-state index in [1.54, 1.807) is 0 Å². The average molecular weight is 289 g/mol. The molecule has 5 heteroatoms. The average Bonchev–Trinajstić information content (AvgIpc) is 2.65. The van der Waals surface area contributed by atoms with Gasteiger partial charge in [-0.15, -0.1) is 0 Å². The Balaban J connectivity index is 3.06. The normalized spacial score (nSPS) is 24.3. The molecule has 0 N–H and O–H groups in total. The monoisotopic (exact) mass is 289 g/mol. The summed E-state index contributed by atoms with van der Waals surface area (Å²) >= 11 is 0. The molecule has 1 heterocycles. The van der Waals surface area contributed by atoms with Crippen LogP contribution in [0.3, 0.4) is 0 Å². The fraction of sp³-hybridized carbons (Fsp3) is 0.929. The molecule has 0 radical (unpaired) electrons. The van der Waals surface area contributed by atoms with Gasteiger partial charge in [0.25, 0.3) is 0 Å². The van der Waals surface area contributed by atoms with Crippen LogP contribution >= 0.6 is 7.60 Å². The summed E-state index contributed by atoms with van der Waals surface area (Å²) in [6.45, 7) is 13.0. The van der Waals surface area contributed by atoms with Crippen LogP contribution < -0.4 is 0 Å². The van der Waals surface area contributed by atoms with Crippen molar-refractivity contribution in [2.45, 2.75) is 60.2 Å². The minimum atomic E-state index is -3.16. The highest BCUT2D eigenvalue weighted by Crippen LogP contribution is 2.62. The van der Waals surface area contributed by atoms with Crippen LogP contribution in [0.4, 0.5) is 0 Å². The van der Waals surface area contributed by atoms with E-state index in [9.17, 15) is 4.57 Å². The van der Waals surface area contributed by atoms with Crippen LogP contribution in [-0.2, 0) is 13.6 Å². The molecule has 0 aliphatic carbocycles. The summed E-state index contributed by atoms with van der Waals surface area (Å²) < 4.78 is 23.9. The Morgan fingerprint density at radius 2 is 1.84 bits per heavy atom. The van der Waals surface area contributed by atoms with Crippen molar-refractivity contribution in [2.75, 3.05) is 13.2 Å². The van der Waals surface area contributed by atoms with Crippen LogP contribution in [0.2, 0.25) is 0 Å². The molecule has 0 aromatic rings. The third kappa shape index (κ3) is 3.68. The van der Waals surface area contributed by atoms with Gasteiger partial charge in [-0.3, -0.25) is 9.56 Å². The molecule has 0 amide bonds. The summed E-state index contributed by atoms with van der Waals surface area (Å²) in [6.07, 6.45) is 1.92. The Bertz CT molecular complexity index is 369. The van der Waals surface area contributed by atoms with E-state index in [4.69, 9.17) is 14.0 Å². The van der Waals surface area contributed by atoms with Crippen molar-refractivity contribution in [1.82, 2.24) is 0 Å². The number of aliphatic imine (C=N–C) groups is 1. The zero-order valence-electron chi connectivity index (χ0n) is 13.1. The van der Waals surface area contributed by atoms with Gasteiger partial charge in [0.05, 0.1) is 13.2 Å². The topological polar surface area (TPSA) is 47.9 Å². The van der Waals surface area contributed by atoms with Gasteiger partial charge in [-0.2, -0.15) is 0 Å². The predicted octanol–water partition coefficient (Wildman–Crippen LogP) is 4.50. The Hall–Kier alpha value is -0.180. The first kappa shape index (κ1) is 16.9. The highest BCUT2D eigenvalue weighted by molar-refractivity contribution is 7.54. The first-order valence-electron chi connectivity index (χ1n) is 7.26. The predicted molar refractivity (Wildman–Crippen MR) is 79.9 cm³/mol. The maximum absolute atomic E-state index is 12.9. The second-order valence-corrected chi connectivity index (χ2v) is 7.93. The standard InChI is InChI=1S/C14H28NO3P/c1-7-11(4)12-10-14(5,6)13(15-12)19(16,17-8-2)18-9-3/h11,13H,7-10H2,1-6H3. The molecule has 0 aromatic carbocycles. The molecule has 0 saturated heterocycles. The molecule has 112 valence electrons. The molecule has 4 nitrogen and oxygen atoms in total. The largest absolute Gasteiger partial charge is 0.355 e. The summed E-state index contributed by atoms with van der Waals surface area (Å²) in [5.41, 5.74) is 0.982. The van der Waals surface area contributed by atoms with E-state index in [0.29, 0.717) is 19.1 Å². The van der Waals surface area contributed by atoms with E-state index in [1.165, 1.54) is 0 Å². The van der Waals surface area contributed by atoms with E-state index in [0.717, 1.165) is 18.6 Å². The third-order valence-corrected chi connectivity index (χ3v) is 6.37. The van der Waals surface area contributed by atoms with Crippen LogP contribution in [0.1, 0.15) is 54.4 Å². The molecular formula is C14H28NO3P. The minimum Gasteiger partial charge on any atom is -0.307 e. The van der Waals surface area contributed by atoms with Crippen molar-refractivity contribution < 1.29 is 13.6 Å². The lowest BCUT2D eigenvalue weighted by Gasteiger charge is -2.30. The van der Waals surface area contributed by atoms with Crippen molar-refractivity contribution >= 4 is 13.3 Å². The molecule has 0 saturated carbocycles. The Morgan fingerprint density at radius 1 is 1.32 bits per heavy atom. The number of nitrogens with zero attached hydrogens (tertiary/aromatic N) is 1. The molecule has 0 bridgehead atoms. The summed E-state index contributed by atoms with van der Waals surface area (Å²) in [6, 6.07) is 0. The molecule has 2 unspecified atom stereocenters. The summed E-state index contributed by atoms with van der Waals surface area (Å²) in [4.78, 5) is 4.72. The van der Waals surface area contributed by atoms with Crippen molar-refractivity contribution in [2.24, 2.45) is 16.3 Å². The Morgan fingerprint density at radius 3 is 2.26 bits per heavy atom. The SMILES string of the molecule is CCOP(=O)(OCC)C1N=C(C(C)CC)CC1(C)C. The lowest BCUT2D eigenvalue weighted by atomic mass is 9.86. The molecular weight excluding hydrogens is 261 g/mol. The highest BCUT2D eigenvalue weighted by Gasteiger charge is 2.50. The fourth-order valence-electron chi connectivity index (χ4n) is 2.51. The van der Waals surface area contributed by atoms with Crippen molar-refractivity contribution in [3.05, 3.63) is 0 Å². The maximum Gasteiger partial charge on any atom is 0.355 e. The van der Waals surface area contributed by atoms with Gasteiger partial charge in [-0.05, 0) is 32.6 Å². The van der Waals surface area contributed by atoms with Crippen LogP contribution in [0.15, 0.2) is 4.99 Å². The van der Waals surface area contributed by atoms with Crippen LogP contribution in [0, 0.1) is 11.3 Å². The van der Waals surface area contributed by atoms with Gasteiger partial charge in [-0.25, -0.2) is 0 Å². The maximum atomic E-state index is 12.9. The molecule has 0 aromatic heterocycles. The zero-order chi connectivity index (χ0) is 14.7. The Kier molecular flexibility index (Phi) is 5.78. The first-order valence-corrected chi connectivity index (χ1v) is 8.87. The zero-order valence-corrected chi connectivity index (χ0v) is 14.0. The minimum absolute atomic E-state index is 0.168. The van der Waals surface area contributed by atoms with E-state index in [1.807, 2.05) is 13.8 Å². The number of hydrogen-bond acceptors (Lipinski definition) is 4. The molecule has 1 rings (SSSR count). The molecule has 19 heavy (non-hydrogen) atoms. The lowest BCUT2D eigenvalue weighted by molar-refractivity contribution is 0.194. The second kappa shape index (κ2) is 6.51. The third-order valence-electron chi connectivity index (χ3n) is 3.72. The van der Waals surface area contributed by atoms with Gasteiger partial charge in [0.15, 0.2) is 5.78 Å².